The number of rotatable bonds is 4. The first-order chi connectivity index (χ1) is 8.96. The summed E-state index contributed by atoms with van der Waals surface area (Å²) in [4.78, 5) is 2.47. The van der Waals surface area contributed by atoms with Gasteiger partial charge in [0.2, 0.25) is 0 Å². The fourth-order valence-corrected chi connectivity index (χ4v) is 2.55. The molecule has 0 radical (unpaired) electrons. The Morgan fingerprint density at radius 3 is 2.58 bits per heavy atom. The fourth-order valence-electron chi connectivity index (χ4n) is 2.55. The number of aryl methyl sites for hydroxylation is 2. The van der Waals surface area contributed by atoms with Gasteiger partial charge in [-0.15, -0.1) is 0 Å². The minimum atomic E-state index is -0.157. The van der Waals surface area contributed by atoms with Crippen LogP contribution in [-0.2, 0) is 0 Å². The lowest BCUT2D eigenvalue weighted by atomic mass is 10.1. The van der Waals surface area contributed by atoms with Gasteiger partial charge in [-0.05, 0) is 44.9 Å². The van der Waals surface area contributed by atoms with Crippen LogP contribution in [0.3, 0.4) is 0 Å². The Hall–Kier alpha value is -1.06. The molecule has 1 aliphatic rings. The van der Waals surface area contributed by atoms with Crippen molar-refractivity contribution in [3.05, 3.63) is 29.3 Å². The molecule has 0 spiro atoms. The maximum atomic E-state index is 6.25. The third-order valence-electron chi connectivity index (χ3n) is 3.54. The topological polar surface area (TPSA) is 24.5 Å². The summed E-state index contributed by atoms with van der Waals surface area (Å²) in [7, 11) is 0. The average Bonchev–Trinajstić information content (AvgIpc) is 2.34. The standard InChI is InChI=1S/C16H26N2O/c1-13-5-6-14(2)15(11-13)19-16(3,4)12-18-9-7-17-8-10-18/h5-6,11,17H,7-10,12H2,1-4H3. The summed E-state index contributed by atoms with van der Waals surface area (Å²) in [6.45, 7) is 13.9. The summed E-state index contributed by atoms with van der Waals surface area (Å²) in [6, 6.07) is 6.39. The van der Waals surface area contributed by atoms with Crippen LogP contribution in [0.4, 0.5) is 0 Å². The number of hydrogen-bond donors (Lipinski definition) is 1. The molecule has 0 amide bonds. The van der Waals surface area contributed by atoms with Gasteiger partial charge in [-0.1, -0.05) is 12.1 Å². The van der Waals surface area contributed by atoms with Crippen molar-refractivity contribution in [3.63, 3.8) is 0 Å². The summed E-state index contributed by atoms with van der Waals surface area (Å²) >= 11 is 0. The van der Waals surface area contributed by atoms with E-state index in [0.717, 1.165) is 38.5 Å². The largest absolute Gasteiger partial charge is 0.486 e. The van der Waals surface area contributed by atoms with Crippen molar-refractivity contribution in [2.75, 3.05) is 32.7 Å². The Morgan fingerprint density at radius 1 is 1.21 bits per heavy atom. The number of piperazine rings is 1. The Labute approximate surface area is 116 Å². The minimum Gasteiger partial charge on any atom is -0.486 e. The quantitative estimate of drug-likeness (QED) is 0.901. The molecule has 1 saturated heterocycles. The van der Waals surface area contributed by atoms with Crippen LogP contribution in [0.1, 0.15) is 25.0 Å². The molecule has 2 rings (SSSR count). The van der Waals surface area contributed by atoms with Crippen LogP contribution in [0.2, 0.25) is 0 Å². The van der Waals surface area contributed by atoms with Crippen molar-refractivity contribution in [2.45, 2.75) is 33.3 Å². The van der Waals surface area contributed by atoms with Gasteiger partial charge >= 0.3 is 0 Å². The van der Waals surface area contributed by atoms with Crippen molar-refractivity contribution in [1.29, 1.82) is 0 Å². The van der Waals surface area contributed by atoms with Crippen LogP contribution in [0.15, 0.2) is 18.2 Å². The van der Waals surface area contributed by atoms with E-state index in [2.05, 4.69) is 56.1 Å². The van der Waals surface area contributed by atoms with Crippen LogP contribution in [0.25, 0.3) is 0 Å². The summed E-state index contributed by atoms with van der Waals surface area (Å²) in [5.41, 5.74) is 2.30. The normalized spacial score (nSPS) is 17.5. The van der Waals surface area contributed by atoms with Crippen LogP contribution >= 0.6 is 0 Å². The molecular weight excluding hydrogens is 236 g/mol. The van der Waals surface area contributed by atoms with Gasteiger partial charge in [0.15, 0.2) is 0 Å². The molecule has 1 heterocycles. The maximum Gasteiger partial charge on any atom is 0.123 e. The van der Waals surface area contributed by atoms with Gasteiger partial charge in [0, 0.05) is 32.7 Å². The van der Waals surface area contributed by atoms with Gasteiger partial charge in [-0.2, -0.15) is 0 Å². The summed E-state index contributed by atoms with van der Waals surface area (Å²) in [5.74, 6) is 1.01. The number of ether oxygens (including phenoxy) is 1. The van der Waals surface area contributed by atoms with Gasteiger partial charge in [0.05, 0.1) is 0 Å². The Bertz CT molecular complexity index is 423. The van der Waals surface area contributed by atoms with Crippen LogP contribution in [-0.4, -0.2) is 43.2 Å². The van der Waals surface area contributed by atoms with E-state index in [1.165, 1.54) is 11.1 Å². The predicted molar refractivity (Wildman–Crippen MR) is 79.9 cm³/mol. The molecule has 3 nitrogen and oxygen atoms in total. The number of hydrogen-bond acceptors (Lipinski definition) is 3. The zero-order chi connectivity index (χ0) is 13.9. The number of nitrogens with zero attached hydrogens (tertiary/aromatic N) is 1. The molecule has 19 heavy (non-hydrogen) atoms. The predicted octanol–water partition coefficient (Wildman–Crippen LogP) is 2.37. The summed E-state index contributed by atoms with van der Waals surface area (Å²) in [6.07, 6.45) is 0. The van der Waals surface area contributed by atoms with E-state index in [0.29, 0.717) is 0 Å². The maximum absolute atomic E-state index is 6.25. The summed E-state index contributed by atoms with van der Waals surface area (Å²) in [5, 5.41) is 3.38. The highest BCUT2D eigenvalue weighted by atomic mass is 16.5. The average molecular weight is 262 g/mol. The van der Waals surface area contributed by atoms with E-state index in [-0.39, 0.29) is 5.60 Å². The molecule has 1 fully saturated rings. The van der Waals surface area contributed by atoms with Gasteiger partial charge in [-0.25, -0.2) is 0 Å². The lowest BCUT2D eigenvalue weighted by molar-refractivity contribution is 0.0541. The second kappa shape index (κ2) is 5.93. The molecule has 0 saturated carbocycles. The molecule has 1 aromatic rings. The molecule has 1 N–H and O–H groups in total. The van der Waals surface area contributed by atoms with Gasteiger partial charge in [0.1, 0.15) is 11.4 Å². The molecule has 0 aliphatic carbocycles. The van der Waals surface area contributed by atoms with E-state index in [4.69, 9.17) is 4.74 Å². The summed E-state index contributed by atoms with van der Waals surface area (Å²) < 4.78 is 6.25. The molecule has 0 atom stereocenters. The smallest absolute Gasteiger partial charge is 0.123 e. The zero-order valence-electron chi connectivity index (χ0n) is 12.6. The molecule has 1 aromatic carbocycles. The first-order valence-corrected chi connectivity index (χ1v) is 7.16. The second-order valence-corrected chi connectivity index (χ2v) is 6.16. The Kier molecular flexibility index (Phi) is 4.48. The van der Waals surface area contributed by atoms with Gasteiger partial charge in [0.25, 0.3) is 0 Å². The molecule has 0 unspecified atom stereocenters. The molecule has 0 bridgehead atoms. The fraction of sp³-hybridized carbons (Fsp3) is 0.625. The van der Waals surface area contributed by atoms with Crippen molar-refractivity contribution in [1.82, 2.24) is 10.2 Å². The van der Waals surface area contributed by atoms with Crippen molar-refractivity contribution >= 4 is 0 Å². The zero-order valence-corrected chi connectivity index (χ0v) is 12.6. The number of nitrogens with one attached hydrogen (secondary N) is 1. The highest BCUT2D eigenvalue weighted by Gasteiger charge is 2.25. The number of benzene rings is 1. The van der Waals surface area contributed by atoms with Gasteiger partial charge < -0.3 is 10.1 Å². The molecule has 1 aliphatic heterocycles. The highest BCUT2D eigenvalue weighted by molar-refractivity contribution is 5.36. The Morgan fingerprint density at radius 2 is 1.89 bits per heavy atom. The van der Waals surface area contributed by atoms with Crippen molar-refractivity contribution in [2.24, 2.45) is 0 Å². The SMILES string of the molecule is Cc1ccc(C)c(OC(C)(C)CN2CCNCC2)c1. The third-order valence-corrected chi connectivity index (χ3v) is 3.54. The first-order valence-electron chi connectivity index (χ1n) is 7.16. The second-order valence-electron chi connectivity index (χ2n) is 6.16. The lowest BCUT2D eigenvalue weighted by Crippen LogP contribution is -2.50. The van der Waals surface area contributed by atoms with Crippen LogP contribution in [0, 0.1) is 13.8 Å². The van der Waals surface area contributed by atoms with Crippen molar-refractivity contribution in [3.8, 4) is 5.75 Å². The van der Waals surface area contributed by atoms with E-state index in [9.17, 15) is 0 Å². The Balaban J connectivity index is 2.00. The molecule has 0 aromatic heterocycles. The third kappa shape index (κ3) is 4.22. The van der Waals surface area contributed by atoms with Crippen molar-refractivity contribution < 1.29 is 4.74 Å². The first kappa shape index (κ1) is 14.4. The van der Waals surface area contributed by atoms with E-state index in [1.807, 2.05) is 0 Å². The van der Waals surface area contributed by atoms with E-state index < -0.39 is 0 Å². The molecular formula is C16H26N2O. The monoisotopic (exact) mass is 262 g/mol. The highest BCUT2D eigenvalue weighted by Crippen LogP contribution is 2.24. The molecule has 106 valence electrons. The minimum absolute atomic E-state index is 0.157. The van der Waals surface area contributed by atoms with E-state index in [1.54, 1.807) is 0 Å². The lowest BCUT2D eigenvalue weighted by Gasteiger charge is -2.35. The van der Waals surface area contributed by atoms with Crippen LogP contribution < -0.4 is 10.1 Å². The van der Waals surface area contributed by atoms with Crippen LogP contribution in [0.5, 0.6) is 5.75 Å². The van der Waals surface area contributed by atoms with Gasteiger partial charge in [-0.3, -0.25) is 4.90 Å². The molecule has 3 heteroatoms. The van der Waals surface area contributed by atoms with E-state index >= 15 is 0 Å².